The Morgan fingerprint density at radius 3 is 2.75 bits per heavy atom. The minimum Gasteiger partial charge on any atom is -0.382 e. The first kappa shape index (κ1) is 8.62. The summed E-state index contributed by atoms with van der Waals surface area (Å²) in [6.45, 7) is 2.43. The predicted octanol–water partition coefficient (Wildman–Crippen LogP) is 0.665. The Hall–Kier alpha value is 0.620. The lowest BCUT2D eigenvalue weighted by molar-refractivity contribution is 0.285. The van der Waals surface area contributed by atoms with E-state index in [4.69, 9.17) is 10.8 Å². The second-order valence-corrected chi connectivity index (χ2v) is 4.11. The van der Waals surface area contributed by atoms with Gasteiger partial charge in [-0.2, -0.15) is 0 Å². The maximum atomic E-state index is 8.68. The molecule has 2 nitrogen and oxygen atoms in total. The summed E-state index contributed by atoms with van der Waals surface area (Å²) in [5.74, 6) is 0.912. The molecule has 0 saturated heterocycles. The molecule has 0 amide bonds. The van der Waals surface area contributed by atoms with E-state index in [1.165, 1.54) is 10.8 Å². The van der Waals surface area contributed by atoms with E-state index in [9.17, 15) is 0 Å². The zero-order chi connectivity index (χ0) is 6.41. The van der Waals surface area contributed by atoms with Crippen LogP contribution in [0.15, 0.2) is 0 Å². The fourth-order valence-electron chi connectivity index (χ4n) is 0.195. The molecule has 1 atom stereocenters. The van der Waals surface area contributed by atoms with Crippen molar-refractivity contribution in [2.75, 3.05) is 12.3 Å². The zero-order valence-corrected chi connectivity index (χ0v) is 6.47. The quantitative estimate of drug-likeness (QED) is 0.354. The Bertz CT molecular complexity index is 51.3. The molecular weight excluding hydrogens is 142 g/mol. The molecule has 0 aliphatic rings. The highest BCUT2D eigenvalue weighted by Crippen LogP contribution is 2.23. The van der Waals surface area contributed by atoms with Crippen molar-refractivity contribution in [3.8, 4) is 0 Å². The molecule has 50 valence electrons. The van der Waals surface area contributed by atoms with Crippen LogP contribution in [0.4, 0.5) is 0 Å². The van der Waals surface area contributed by atoms with E-state index in [1.54, 1.807) is 17.7 Å². The number of aliphatic hydroxyl groups is 1. The molecule has 4 heteroatoms. The lowest BCUT2D eigenvalue weighted by Crippen LogP contribution is -2.00. The minimum atomic E-state index is -0.272. The third-order valence-corrected chi connectivity index (χ3v) is 2.97. The highest BCUT2D eigenvalue weighted by atomic mass is 33.1. The Morgan fingerprint density at radius 1 is 1.75 bits per heavy atom. The van der Waals surface area contributed by atoms with Gasteiger partial charge in [-0.1, -0.05) is 21.6 Å². The Balaban J connectivity index is 2.72. The summed E-state index contributed by atoms with van der Waals surface area (Å²) in [6.07, 6.45) is 0. The minimum absolute atomic E-state index is 0.272. The van der Waals surface area contributed by atoms with Crippen LogP contribution >= 0.6 is 21.6 Å². The number of hydrogen-bond acceptors (Lipinski definition) is 4. The van der Waals surface area contributed by atoms with Crippen LogP contribution < -0.4 is 5.73 Å². The molecule has 3 N–H and O–H groups in total. The lowest BCUT2D eigenvalue weighted by Gasteiger charge is -1.99. The maximum Gasteiger partial charge on any atom is 0.106 e. The summed E-state index contributed by atoms with van der Waals surface area (Å²) in [4.78, 5) is 0. The molecule has 1 unspecified atom stereocenters. The van der Waals surface area contributed by atoms with Gasteiger partial charge in [0.15, 0.2) is 0 Å². The molecule has 8 heavy (non-hydrogen) atoms. The van der Waals surface area contributed by atoms with E-state index in [0.717, 1.165) is 5.75 Å². The van der Waals surface area contributed by atoms with Crippen LogP contribution in [-0.2, 0) is 0 Å². The van der Waals surface area contributed by atoms with Crippen molar-refractivity contribution in [3.05, 3.63) is 0 Å². The normalized spacial score (nSPS) is 13.9. The zero-order valence-electron chi connectivity index (χ0n) is 4.83. The smallest absolute Gasteiger partial charge is 0.106 e. The topological polar surface area (TPSA) is 46.2 Å². The molecule has 0 rings (SSSR count). The molecule has 0 bridgehead atoms. The van der Waals surface area contributed by atoms with E-state index in [0.29, 0.717) is 6.54 Å². The summed E-state index contributed by atoms with van der Waals surface area (Å²) in [5, 5.41) is 8.68. The number of nitrogens with two attached hydrogens (primary N) is 1. The first-order chi connectivity index (χ1) is 3.77. The second kappa shape index (κ2) is 5.75. The Kier molecular flexibility index (Phi) is 6.20. The van der Waals surface area contributed by atoms with Gasteiger partial charge in [-0.25, -0.2) is 0 Å². The van der Waals surface area contributed by atoms with Gasteiger partial charge in [0.2, 0.25) is 0 Å². The van der Waals surface area contributed by atoms with Gasteiger partial charge >= 0.3 is 0 Å². The first-order valence-electron chi connectivity index (χ1n) is 2.43. The van der Waals surface area contributed by atoms with Crippen molar-refractivity contribution in [1.82, 2.24) is 0 Å². The largest absolute Gasteiger partial charge is 0.382 e. The van der Waals surface area contributed by atoms with Gasteiger partial charge < -0.3 is 10.8 Å². The molecule has 0 spiro atoms. The monoisotopic (exact) mass is 153 g/mol. The predicted molar refractivity (Wildman–Crippen MR) is 40.8 cm³/mol. The van der Waals surface area contributed by atoms with Crippen LogP contribution in [0, 0.1) is 0 Å². The van der Waals surface area contributed by atoms with Gasteiger partial charge in [-0.15, -0.1) is 0 Å². The SMILES string of the molecule is CC(O)SSCCN. The molecule has 0 aliphatic heterocycles. The highest BCUT2D eigenvalue weighted by Gasteiger charge is 1.93. The van der Waals surface area contributed by atoms with Gasteiger partial charge in [0, 0.05) is 12.3 Å². The number of hydrogen-bond donors (Lipinski definition) is 2. The van der Waals surface area contributed by atoms with Crippen LogP contribution in [0.25, 0.3) is 0 Å². The van der Waals surface area contributed by atoms with Crippen molar-refractivity contribution < 1.29 is 5.11 Å². The van der Waals surface area contributed by atoms with Crippen molar-refractivity contribution in [3.63, 3.8) is 0 Å². The highest BCUT2D eigenvalue weighted by molar-refractivity contribution is 8.76. The summed E-state index contributed by atoms with van der Waals surface area (Å²) in [7, 11) is 3.05. The fourth-order valence-corrected chi connectivity index (χ4v) is 1.75. The summed E-state index contributed by atoms with van der Waals surface area (Å²) in [5.41, 5.74) is 4.93. The van der Waals surface area contributed by atoms with Gasteiger partial charge in [0.25, 0.3) is 0 Å². The third-order valence-electron chi connectivity index (χ3n) is 0.408. The molecule has 0 aromatic heterocycles. The van der Waals surface area contributed by atoms with E-state index < -0.39 is 0 Å². The average Bonchev–Trinajstić information content (AvgIpc) is 1.66. The van der Waals surface area contributed by atoms with E-state index in [2.05, 4.69) is 0 Å². The van der Waals surface area contributed by atoms with Crippen LogP contribution in [0.3, 0.4) is 0 Å². The molecule has 0 fully saturated rings. The summed E-state index contributed by atoms with van der Waals surface area (Å²) < 4.78 is 0. The standard InChI is InChI=1S/C4H11NOS2/c1-4(6)8-7-3-2-5/h4,6H,2-3,5H2,1H3. The van der Waals surface area contributed by atoms with E-state index in [-0.39, 0.29) is 5.44 Å². The molecule has 0 saturated carbocycles. The van der Waals surface area contributed by atoms with Gasteiger partial charge in [0.05, 0.1) is 0 Å². The molecular formula is C4H11NOS2. The van der Waals surface area contributed by atoms with Crippen LogP contribution in [0.5, 0.6) is 0 Å². The van der Waals surface area contributed by atoms with Crippen molar-refractivity contribution in [1.29, 1.82) is 0 Å². The summed E-state index contributed by atoms with van der Waals surface area (Å²) >= 11 is 0. The molecule has 0 radical (unpaired) electrons. The van der Waals surface area contributed by atoms with Gasteiger partial charge in [-0.05, 0) is 6.92 Å². The molecule has 0 heterocycles. The van der Waals surface area contributed by atoms with Crippen LogP contribution in [0.1, 0.15) is 6.92 Å². The Labute approximate surface area is 57.6 Å². The summed E-state index contributed by atoms with van der Waals surface area (Å²) in [6, 6.07) is 0. The number of aliphatic hydroxyl groups excluding tert-OH is 1. The van der Waals surface area contributed by atoms with Crippen LogP contribution in [0.2, 0.25) is 0 Å². The molecule has 0 aromatic carbocycles. The number of rotatable bonds is 4. The molecule has 0 aliphatic carbocycles. The average molecular weight is 153 g/mol. The maximum absolute atomic E-state index is 8.68. The first-order valence-corrected chi connectivity index (χ1v) is 4.82. The fraction of sp³-hybridized carbons (Fsp3) is 1.00. The third kappa shape index (κ3) is 6.62. The van der Waals surface area contributed by atoms with E-state index in [1.807, 2.05) is 0 Å². The lowest BCUT2D eigenvalue weighted by atomic mass is 10.8. The molecule has 0 aromatic rings. The van der Waals surface area contributed by atoms with Crippen molar-refractivity contribution in [2.24, 2.45) is 5.73 Å². The Morgan fingerprint density at radius 2 is 2.38 bits per heavy atom. The van der Waals surface area contributed by atoms with E-state index >= 15 is 0 Å². The second-order valence-electron chi connectivity index (χ2n) is 1.31. The van der Waals surface area contributed by atoms with Crippen molar-refractivity contribution >= 4 is 21.6 Å². The van der Waals surface area contributed by atoms with Gasteiger partial charge in [-0.3, -0.25) is 0 Å². The van der Waals surface area contributed by atoms with Crippen molar-refractivity contribution in [2.45, 2.75) is 12.4 Å². The van der Waals surface area contributed by atoms with Crippen LogP contribution in [-0.4, -0.2) is 22.8 Å². The van der Waals surface area contributed by atoms with Gasteiger partial charge in [0.1, 0.15) is 5.44 Å².